The standard InChI is InChI=1S/C20H30ClN3O9/c1-4-24(5-2)7-6-23-18(28)11-10(31-3)8-9(22)12(21)16(11)32-20-15(27)13(25)14(26)17(33-20)19(29)30/h8,13-15,17,20,25-27H,4-7,22H2,1-3H3,(H,23,28)(H,29,30). The van der Waals surface area contributed by atoms with Crippen LogP contribution in [0.25, 0.3) is 0 Å². The van der Waals surface area contributed by atoms with E-state index in [-0.39, 0.29) is 27.8 Å². The Kier molecular flexibility index (Phi) is 9.52. The summed E-state index contributed by atoms with van der Waals surface area (Å²) < 4.78 is 16.0. The summed E-state index contributed by atoms with van der Waals surface area (Å²) in [7, 11) is 1.30. The number of aliphatic carboxylic acids is 1. The van der Waals surface area contributed by atoms with Crippen LogP contribution in [0.1, 0.15) is 24.2 Å². The largest absolute Gasteiger partial charge is 0.496 e. The molecule has 2 rings (SSSR count). The van der Waals surface area contributed by atoms with Gasteiger partial charge in [-0.1, -0.05) is 25.4 Å². The summed E-state index contributed by atoms with van der Waals surface area (Å²) >= 11 is 6.27. The first-order chi connectivity index (χ1) is 15.6. The molecule has 1 amide bonds. The van der Waals surface area contributed by atoms with Crippen LogP contribution in [0.15, 0.2) is 6.07 Å². The molecule has 0 spiro atoms. The average molecular weight is 492 g/mol. The Hall–Kier alpha value is -2.35. The molecule has 186 valence electrons. The third-order valence-corrected chi connectivity index (χ3v) is 5.70. The predicted molar refractivity (Wildman–Crippen MR) is 117 cm³/mol. The number of likely N-dealkylation sites (N-methyl/N-ethyl adjacent to an activating group) is 1. The average Bonchev–Trinajstić information content (AvgIpc) is 2.79. The van der Waals surface area contributed by atoms with Gasteiger partial charge in [0.15, 0.2) is 11.9 Å². The smallest absolute Gasteiger partial charge is 0.335 e. The number of methoxy groups -OCH3 is 1. The van der Waals surface area contributed by atoms with Crippen molar-refractivity contribution in [1.29, 1.82) is 0 Å². The minimum absolute atomic E-state index is 0.00732. The number of rotatable bonds is 10. The number of halogens is 1. The highest BCUT2D eigenvalue weighted by Gasteiger charge is 2.48. The van der Waals surface area contributed by atoms with Crippen molar-refractivity contribution >= 4 is 29.2 Å². The predicted octanol–water partition coefficient (Wildman–Crippen LogP) is -0.727. The van der Waals surface area contributed by atoms with Gasteiger partial charge < -0.3 is 50.6 Å². The fourth-order valence-electron chi connectivity index (χ4n) is 3.34. The second kappa shape index (κ2) is 11.7. The number of amides is 1. The molecule has 1 saturated heterocycles. The molecular formula is C20H30ClN3O9. The van der Waals surface area contributed by atoms with Crippen LogP contribution < -0.4 is 20.5 Å². The van der Waals surface area contributed by atoms with E-state index in [1.807, 2.05) is 13.8 Å². The van der Waals surface area contributed by atoms with E-state index in [0.29, 0.717) is 13.1 Å². The van der Waals surface area contributed by atoms with Crippen molar-refractivity contribution in [2.24, 2.45) is 0 Å². The number of hydrogen-bond donors (Lipinski definition) is 6. The van der Waals surface area contributed by atoms with Gasteiger partial charge in [-0.25, -0.2) is 4.79 Å². The van der Waals surface area contributed by atoms with E-state index in [1.54, 1.807) is 0 Å². The van der Waals surface area contributed by atoms with Crippen molar-refractivity contribution in [2.75, 3.05) is 39.0 Å². The number of carbonyl (C=O) groups excluding carboxylic acids is 1. The molecule has 1 aromatic rings. The first-order valence-corrected chi connectivity index (χ1v) is 10.7. The number of carbonyl (C=O) groups is 2. The third-order valence-electron chi connectivity index (χ3n) is 5.31. The summed E-state index contributed by atoms with van der Waals surface area (Å²) in [5.41, 5.74) is 5.70. The minimum atomic E-state index is -1.91. The zero-order valence-electron chi connectivity index (χ0n) is 18.5. The van der Waals surface area contributed by atoms with Gasteiger partial charge in [-0.2, -0.15) is 0 Å². The Labute approximate surface area is 195 Å². The van der Waals surface area contributed by atoms with Crippen LogP contribution in [0.4, 0.5) is 5.69 Å². The van der Waals surface area contributed by atoms with Crippen LogP contribution in [-0.4, -0.2) is 101 Å². The molecule has 1 aliphatic heterocycles. The SMILES string of the molecule is CCN(CC)CCNC(=O)c1c(OC)cc(N)c(Cl)c1OC1OC(C(=O)O)C(O)C(O)C1O. The van der Waals surface area contributed by atoms with Gasteiger partial charge in [0.1, 0.15) is 34.6 Å². The lowest BCUT2D eigenvalue weighted by molar-refractivity contribution is -0.271. The number of carboxylic acids is 1. The van der Waals surface area contributed by atoms with E-state index >= 15 is 0 Å². The van der Waals surface area contributed by atoms with E-state index in [9.17, 15) is 30.0 Å². The highest BCUT2D eigenvalue weighted by atomic mass is 35.5. The lowest BCUT2D eigenvalue weighted by atomic mass is 9.99. The normalized spacial score (nSPS) is 25.0. The number of nitrogen functional groups attached to an aromatic ring is 1. The summed E-state index contributed by atoms with van der Waals surface area (Å²) in [4.78, 5) is 26.5. The lowest BCUT2D eigenvalue weighted by Crippen LogP contribution is -2.61. The van der Waals surface area contributed by atoms with Gasteiger partial charge in [0.25, 0.3) is 5.91 Å². The number of hydrogen-bond acceptors (Lipinski definition) is 10. The van der Waals surface area contributed by atoms with Crippen LogP contribution in [0.3, 0.4) is 0 Å². The Morgan fingerprint density at radius 1 is 1.21 bits per heavy atom. The van der Waals surface area contributed by atoms with Crippen molar-refractivity contribution in [3.05, 3.63) is 16.7 Å². The number of nitrogens with one attached hydrogen (secondary N) is 1. The maximum Gasteiger partial charge on any atom is 0.335 e. The van der Waals surface area contributed by atoms with Crippen LogP contribution in [0.2, 0.25) is 5.02 Å². The first kappa shape index (κ1) is 26.9. The molecule has 0 saturated carbocycles. The first-order valence-electron chi connectivity index (χ1n) is 10.3. The van der Waals surface area contributed by atoms with Crippen molar-refractivity contribution in [1.82, 2.24) is 10.2 Å². The Balaban J connectivity index is 2.38. The fourth-order valence-corrected chi connectivity index (χ4v) is 3.53. The quantitative estimate of drug-likeness (QED) is 0.227. The number of ether oxygens (including phenoxy) is 3. The number of carboxylic acid groups (broad SMARTS) is 1. The molecule has 0 radical (unpaired) electrons. The summed E-state index contributed by atoms with van der Waals surface area (Å²) in [6, 6.07) is 1.31. The van der Waals surface area contributed by atoms with E-state index < -0.39 is 42.6 Å². The Bertz CT molecular complexity index is 853. The maximum atomic E-state index is 13.0. The molecule has 1 heterocycles. The zero-order chi connectivity index (χ0) is 24.9. The second-order valence-electron chi connectivity index (χ2n) is 7.32. The second-order valence-corrected chi connectivity index (χ2v) is 7.70. The molecule has 13 heteroatoms. The molecule has 33 heavy (non-hydrogen) atoms. The number of nitrogens with two attached hydrogens (primary N) is 1. The van der Waals surface area contributed by atoms with Crippen molar-refractivity contribution in [3.8, 4) is 11.5 Å². The van der Waals surface area contributed by atoms with Gasteiger partial charge in [0.05, 0.1) is 12.8 Å². The maximum absolute atomic E-state index is 13.0. The Morgan fingerprint density at radius 3 is 2.39 bits per heavy atom. The van der Waals surface area contributed by atoms with Gasteiger partial charge in [-0.3, -0.25) is 4.79 Å². The van der Waals surface area contributed by atoms with E-state index in [0.717, 1.165) is 13.1 Å². The van der Waals surface area contributed by atoms with Crippen molar-refractivity contribution < 1.29 is 44.2 Å². The molecule has 1 aliphatic rings. The van der Waals surface area contributed by atoms with Gasteiger partial charge in [-0.05, 0) is 13.1 Å². The van der Waals surface area contributed by atoms with Crippen molar-refractivity contribution in [2.45, 2.75) is 44.6 Å². The van der Waals surface area contributed by atoms with Gasteiger partial charge in [-0.15, -0.1) is 0 Å². The fraction of sp³-hybridized carbons (Fsp3) is 0.600. The molecule has 7 N–H and O–H groups in total. The van der Waals surface area contributed by atoms with Crippen molar-refractivity contribution in [3.63, 3.8) is 0 Å². The number of nitrogens with zero attached hydrogens (tertiary/aromatic N) is 1. The molecule has 0 aliphatic carbocycles. The molecule has 0 bridgehead atoms. The topological polar surface area (TPSA) is 184 Å². The summed E-state index contributed by atoms with van der Waals surface area (Å²) in [6.45, 7) is 6.45. The van der Waals surface area contributed by atoms with Gasteiger partial charge in [0, 0.05) is 19.2 Å². The van der Waals surface area contributed by atoms with Gasteiger partial charge >= 0.3 is 5.97 Å². The summed E-state index contributed by atoms with van der Waals surface area (Å²) in [6.07, 6.45) is -9.38. The number of aliphatic hydroxyl groups excluding tert-OH is 3. The van der Waals surface area contributed by atoms with E-state index in [2.05, 4.69) is 10.2 Å². The highest BCUT2D eigenvalue weighted by molar-refractivity contribution is 6.35. The number of anilines is 1. The Morgan fingerprint density at radius 2 is 1.85 bits per heavy atom. The van der Waals surface area contributed by atoms with E-state index in [1.165, 1.54) is 13.2 Å². The zero-order valence-corrected chi connectivity index (χ0v) is 19.3. The molecule has 5 unspecified atom stereocenters. The molecule has 0 aromatic heterocycles. The third kappa shape index (κ3) is 5.96. The summed E-state index contributed by atoms with van der Waals surface area (Å²) in [5, 5.41) is 41.9. The molecule has 12 nitrogen and oxygen atoms in total. The molecule has 1 fully saturated rings. The summed E-state index contributed by atoms with van der Waals surface area (Å²) in [5.74, 6) is -2.55. The monoisotopic (exact) mass is 491 g/mol. The molecular weight excluding hydrogens is 462 g/mol. The minimum Gasteiger partial charge on any atom is -0.496 e. The highest BCUT2D eigenvalue weighted by Crippen LogP contribution is 2.41. The number of aliphatic hydroxyl groups is 3. The van der Waals surface area contributed by atoms with Crippen LogP contribution >= 0.6 is 11.6 Å². The molecule has 5 atom stereocenters. The van der Waals surface area contributed by atoms with E-state index in [4.69, 9.17) is 31.5 Å². The van der Waals surface area contributed by atoms with Crippen LogP contribution in [-0.2, 0) is 9.53 Å². The van der Waals surface area contributed by atoms with Crippen LogP contribution in [0.5, 0.6) is 11.5 Å². The van der Waals surface area contributed by atoms with Gasteiger partial charge in [0.2, 0.25) is 6.29 Å². The number of benzene rings is 1. The molecule has 1 aromatic carbocycles. The van der Waals surface area contributed by atoms with Crippen LogP contribution in [0, 0.1) is 0 Å². The lowest BCUT2D eigenvalue weighted by Gasteiger charge is -2.38.